The van der Waals surface area contributed by atoms with E-state index in [4.69, 9.17) is 9.84 Å². The van der Waals surface area contributed by atoms with Crippen LogP contribution in [-0.4, -0.2) is 23.1 Å². The second kappa shape index (κ2) is 6.56. The summed E-state index contributed by atoms with van der Waals surface area (Å²) in [7, 11) is 0. The largest absolute Gasteiger partial charge is 0.481 e. The number of anilines is 1. The first-order chi connectivity index (χ1) is 10.1. The van der Waals surface area contributed by atoms with Crippen molar-refractivity contribution in [2.75, 3.05) is 5.32 Å². The molecule has 21 heavy (non-hydrogen) atoms. The van der Waals surface area contributed by atoms with E-state index in [1.54, 1.807) is 31.2 Å². The topological polar surface area (TPSA) is 75.6 Å². The van der Waals surface area contributed by atoms with Crippen LogP contribution in [0.3, 0.4) is 0 Å². The monoisotopic (exact) mass is 285 g/mol. The summed E-state index contributed by atoms with van der Waals surface area (Å²) in [6, 6.07) is 15.1. The minimum atomic E-state index is -1.04. The zero-order chi connectivity index (χ0) is 15.2. The lowest BCUT2D eigenvalue weighted by atomic mass is 10.2. The lowest BCUT2D eigenvalue weighted by Crippen LogP contribution is -2.30. The van der Waals surface area contributed by atoms with Gasteiger partial charge in [-0.15, -0.1) is 0 Å². The summed E-state index contributed by atoms with van der Waals surface area (Å²) in [5.41, 5.74) is 0.535. The van der Waals surface area contributed by atoms with Crippen molar-refractivity contribution >= 4 is 17.6 Å². The highest BCUT2D eigenvalue weighted by Crippen LogP contribution is 2.14. The molecule has 0 radical (unpaired) electrons. The van der Waals surface area contributed by atoms with Gasteiger partial charge in [0, 0.05) is 5.69 Å². The molecule has 0 saturated heterocycles. The Hall–Kier alpha value is -2.82. The molecule has 1 unspecified atom stereocenters. The fraction of sp³-hybridized carbons (Fsp3) is 0.125. The molecule has 2 aromatic rings. The molecule has 0 bridgehead atoms. The predicted octanol–water partition coefficient (Wildman–Crippen LogP) is 2.79. The molecule has 0 aromatic heterocycles. The Labute approximate surface area is 122 Å². The summed E-state index contributed by atoms with van der Waals surface area (Å²) in [6.07, 6.45) is -0.694. The number of nitrogens with one attached hydrogen (secondary N) is 1. The van der Waals surface area contributed by atoms with E-state index in [-0.39, 0.29) is 11.5 Å². The minimum Gasteiger partial charge on any atom is -0.481 e. The van der Waals surface area contributed by atoms with Crippen LogP contribution in [-0.2, 0) is 4.79 Å². The molecule has 0 aliphatic carbocycles. The maximum atomic E-state index is 12.0. The van der Waals surface area contributed by atoms with Crippen molar-refractivity contribution in [3.8, 4) is 5.75 Å². The second-order valence-corrected chi connectivity index (χ2v) is 4.45. The standard InChI is InChI=1S/C16H15NO4/c1-11(21-14-8-3-2-4-9-14)15(18)17-13-7-5-6-12(10-13)16(19)20/h2-11H,1H3,(H,17,18)(H,19,20). The fourth-order valence-corrected chi connectivity index (χ4v) is 1.73. The molecule has 0 spiro atoms. The number of hydrogen-bond donors (Lipinski definition) is 2. The summed E-state index contributed by atoms with van der Waals surface area (Å²) in [5, 5.41) is 11.5. The fourth-order valence-electron chi connectivity index (χ4n) is 1.73. The van der Waals surface area contributed by atoms with E-state index in [0.717, 1.165) is 0 Å². The number of ether oxygens (including phenoxy) is 1. The Morgan fingerprint density at radius 2 is 1.81 bits per heavy atom. The second-order valence-electron chi connectivity index (χ2n) is 4.45. The van der Waals surface area contributed by atoms with Gasteiger partial charge >= 0.3 is 5.97 Å². The molecule has 2 rings (SSSR count). The van der Waals surface area contributed by atoms with Gasteiger partial charge in [0.25, 0.3) is 5.91 Å². The zero-order valence-electron chi connectivity index (χ0n) is 11.4. The molecule has 0 aliphatic heterocycles. The summed E-state index contributed by atoms with van der Waals surface area (Å²) in [6.45, 7) is 1.63. The van der Waals surface area contributed by atoms with Gasteiger partial charge in [0.05, 0.1) is 5.56 Å². The predicted molar refractivity (Wildman–Crippen MR) is 78.6 cm³/mol. The molecule has 0 saturated carbocycles. The van der Waals surface area contributed by atoms with Crippen molar-refractivity contribution < 1.29 is 19.4 Å². The van der Waals surface area contributed by atoms with Gasteiger partial charge in [0.15, 0.2) is 6.10 Å². The van der Waals surface area contributed by atoms with Crippen LogP contribution >= 0.6 is 0 Å². The minimum absolute atomic E-state index is 0.115. The molecule has 0 heterocycles. The molecule has 5 nitrogen and oxygen atoms in total. The van der Waals surface area contributed by atoms with E-state index >= 15 is 0 Å². The third-order valence-corrected chi connectivity index (χ3v) is 2.80. The van der Waals surface area contributed by atoms with Gasteiger partial charge in [-0.2, -0.15) is 0 Å². The SMILES string of the molecule is CC(Oc1ccccc1)C(=O)Nc1cccc(C(=O)O)c1. The van der Waals surface area contributed by atoms with Crippen LogP contribution in [0, 0.1) is 0 Å². The summed E-state index contributed by atoms with van der Waals surface area (Å²) < 4.78 is 5.50. The Morgan fingerprint density at radius 1 is 1.10 bits per heavy atom. The van der Waals surface area contributed by atoms with Crippen LogP contribution in [0.15, 0.2) is 54.6 Å². The van der Waals surface area contributed by atoms with E-state index in [2.05, 4.69) is 5.32 Å². The molecular formula is C16H15NO4. The summed E-state index contributed by atoms with van der Waals surface area (Å²) in [4.78, 5) is 22.9. The number of amides is 1. The first kappa shape index (κ1) is 14.6. The highest BCUT2D eigenvalue weighted by molar-refractivity contribution is 5.96. The van der Waals surface area contributed by atoms with Gasteiger partial charge in [0.1, 0.15) is 5.75 Å². The normalized spacial score (nSPS) is 11.5. The maximum Gasteiger partial charge on any atom is 0.335 e. The summed E-state index contributed by atoms with van der Waals surface area (Å²) >= 11 is 0. The van der Waals surface area contributed by atoms with Gasteiger partial charge in [-0.05, 0) is 37.3 Å². The molecular weight excluding hydrogens is 270 g/mol. The Morgan fingerprint density at radius 3 is 2.48 bits per heavy atom. The number of carboxylic acids is 1. The first-order valence-corrected chi connectivity index (χ1v) is 6.42. The van der Waals surface area contributed by atoms with Crippen molar-refractivity contribution in [1.29, 1.82) is 0 Å². The highest BCUT2D eigenvalue weighted by Gasteiger charge is 2.15. The smallest absolute Gasteiger partial charge is 0.335 e. The number of rotatable bonds is 5. The quantitative estimate of drug-likeness (QED) is 0.885. The molecule has 1 atom stereocenters. The number of para-hydroxylation sites is 1. The lowest BCUT2D eigenvalue weighted by Gasteiger charge is -2.14. The third-order valence-electron chi connectivity index (χ3n) is 2.80. The van der Waals surface area contributed by atoms with E-state index in [1.165, 1.54) is 12.1 Å². The molecule has 108 valence electrons. The average molecular weight is 285 g/mol. The molecule has 1 amide bonds. The van der Waals surface area contributed by atoms with Crippen molar-refractivity contribution in [2.24, 2.45) is 0 Å². The van der Waals surface area contributed by atoms with Crippen LogP contribution in [0.5, 0.6) is 5.75 Å². The molecule has 0 aliphatic rings. The van der Waals surface area contributed by atoms with Gasteiger partial charge in [-0.25, -0.2) is 4.79 Å². The van der Waals surface area contributed by atoms with Crippen LogP contribution in [0.2, 0.25) is 0 Å². The maximum absolute atomic E-state index is 12.0. The Bertz CT molecular complexity index is 640. The van der Waals surface area contributed by atoms with Crippen molar-refractivity contribution in [2.45, 2.75) is 13.0 Å². The first-order valence-electron chi connectivity index (χ1n) is 6.42. The zero-order valence-corrected chi connectivity index (χ0v) is 11.4. The number of carbonyl (C=O) groups excluding carboxylic acids is 1. The molecule has 5 heteroatoms. The van der Waals surface area contributed by atoms with Crippen LogP contribution in [0.4, 0.5) is 5.69 Å². The van der Waals surface area contributed by atoms with Crippen LogP contribution in [0.1, 0.15) is 17.3 Å². The summed E-state index contributed by atoms with van der Waals surface area (Å²) in [5.74, 6) is -0.791. The lowest BCUT2D eigenvalue weighted by molar-refractivity contribution is -0.122. The number of aromatic carboxylic acids is 1. The molecule has 0 fully saturated rings. The Balaban J connectivity index is 2.00. The van der Waals surface area contributed by atoms with E-state index < -0.39 is 12.1 Å². The van der Waals surface area contributed by atoms with Gasteiger partial charge < -0.3 is 15.2 Å². The van der Waals surface area contributed by atoms with Crippen molar-refractivity contribution in [3.63, 3.8) is 0 Å². The van der Waals surface area contributed by atoms with E-state index in [0.29, 0.717) is 11.4 Å². The molecule has 2 aromatic carbocycles. The van der Waals surface area contributed by atoms with Gasteiger partial charge in [0.2, 0.25) is 0 Å². The van der Waals surface area contributed by atoms with Crippen LogP contribution in [0.25, 0.3) is 0 Å². The third kappa shape index (κ3) is 4.07. The van der Waals surface area contributed by atoms with E-state index in [9.17, 15) is 9.59 Å². The highest BCUT2D eigenvalue weighted by atomic mass is 16.5. The number of hydrogen-bond acceptors (Lipinski definition) is 3. The van der Waals surface area contributed by atoms with Crippen LogP contribution < -0.4 is 10.1 Å². The van der Waals surface area contributed by atoms with Gasteiger partial charge in [-0.3, -0.25) is 4.79 Å². The number of carbonyl (C=O) groups is 2. The average Bonchev–Trinajstić information content (AvgIpc) is 2.48. The number of benzene rings is 2. The number of carboxylic acid groups (broad SMARTS) is 1. The van der Waals surface area contributed by atoms with E-state index in [1.807, 2.05) is 18.2 Å². The van der Waals surface area contributed by atoms with Crippen molar-refractivity contribution in [1.82, 2.24) is 0 Å². The molecule has 2 N–H and O–H groups in total. The van der Waals surface area contributed by atoms with Crippen molar-refractivity contribution in [3.05, 3.63) is 60.2 Å². The Kier molecular flexibility index (Phi) is 4.56. The van der Waals surface area contributed by atoms with Gasteiger partial charge in [-0.1, -0.05) is 24.3 Å².